The van der Waals surface area contributed by atoms with E-state index in [1.54, 1.807) is 0 Å². The van der Waals surface area contributed by atoms with Gasteiger partial charge in [0.1, 0.15) is 36.6 Å². The molecule has 0 aromatic rings. The number of hydrogen-bond donors (Lipinski definition) is 10. The summed E-state index contributed by atoms with van der Waals surface area (Å²) >= 11 is 0. The van der Waals surface area contributed by atoms with E-state index in [4.69, 9.17) is 28.4 Å². The fourth-order valence-electron chi connectivity index (χ4n) is 6.70. The lowest BCUT2D eigenvalue weighted by atomic mass is 9.85. The van der Waals surface area contributed by atoms with Gasteiger partial charge in [-0.15, -0.1) is 0 Å². The van der Waals surface area contributed by atoms with Crippen LogP contribution in [-0.2, 0) is 42.8 Å². The lowest BCUT2D eigenvalue weighted by Crippen LogP contribution is -2.66. The highest BCUT2D eigenvalue weighted by atomic mass is 16.6. The highest BCUT2D eigenvalue weighted by molar-refractivity contribution is 5.74. The van der Waals surface area contributed by atoms with E-state index < -0.39 is 129 Å². The van der Waals surface area contributed by atoms with Crippen molar-refractivity contribution >= 4 is 17.7 Å². The third-order valence-electron chi connectivity index (χ3n) is 9.11. The van der Waals surface area contributed by atoms with Crippen LogP contribution in [-0.4, -0.2) is 186 Å². The molecule has 3 amide bonds. The van der Waals surface area contributed by atoms with Crippen LogP contribution >= 0.6 is 0 Å². The summed E-state index contributed by atoms with van der Waals surface area (Å²) in [7, 11) is 0. The van der Waals surface area contributed by atoms with Crippen LogP contribution in [0.4, 0.5) is 0 Å². The number of aliphatic hydroxyl groups is 7. The Morgan fingerprint density at radius 1 is 0.580 bits per heavy atom. The number of aliphatic hydroxyl groups excluding tert-OH is 7. The summed E-state index contributed by atoms with van der Waals surface area (Å²) in [6.07, 6.45) is -10.9. The zero-order valence-corrected chi connectivity index (χ0v) is 28.8. The maximum absolute atomic E-state index is 12.4. The molecule has 0 aromatic heterocycles. The number of carbonyl (C=O) groups excluding carboxylic acids is 3. The summed E-state index contributed by atoms with van der Waals surface area (Å²) in [5.41, 5.74) is 0. The van der Waals surface area contributed by atoms with Crippen LogP contribution < -0.4 is 16.0 Å². The molecule has 3 aliphatic heterocycles. The van der Waals surface area contributed by atoms with Crippen LogP contribution in [0, 0.1) is 11.8 Å². The van der Waals surface area contributed by atoms with Crippen LogP contribution in [0.3, 0.4) is 0 Å². The molecule has 19 nitrogen and oxygen atoms in total. The summed E-state index contributed by atoms with van der Waals surface area (Å²) < 4.78 is 35.5. The zero-order valence-electron chi connectivity index (χ0n) is 28.8. The van der Waals surface area contributed by atoms with Crippen molar-refractivity contribution in [2.24, 2.45) is 11.8 Å². The van der Waals surface area contributed by atoms with Crippen molar-refractivity contribution in [3.05, 3.63) is 0 Å². The quantitative estimate of drug-likeness (QED) is 0.0671. The minimum absolute atomic E-state index is 0.102. The van der Waals surface area contributed by atoms with Crippen LogP contribution in [0.25, 0.3) is 0 Å². The van der Waals surface area contributed by atoms with Gasteiger partial charge < -0.3 is 80.1 Å². The molecule has 3 fully saturated rings. The Bertz CT molecular complexity index is 1070. The number of nitrogens with one attached hydrogen (secondary N) is 3. The number of hydrogen-bond acceptors (Lipinski definition) is 16. The molecular formula is C31H55N3O16. The minimum atomic E-state index is -1.57. The van der Waals surface area contributed by atoms with Crippen molar-refractivity contribution in [2.75, 3.05) is 52.9 Å². The molecule has 19 heteroatoms. The lowest BCUT2D eigenvalue weighted by molar-refractivity contribution is -0.249. The topological polar surface area (TPSA) is 284 Å². The molecule has 3 saturated heterocycles. The van der Waals surface area contributed by atoms with Gasteiger partial charge in [0, 0.05) is 39.2 Å². The van der Waals surface area contributed by atoms with E-state index in [0.29, 0.717) is 6.42 Å². The zero-order chi connectivity index (χ0) is 37.1. The molecule has 0 spiro atoms. The number of rotatable bonds is 17. The van der Waals surface area contributed by atoms with Gasteiger partial charge in [-0.1, -0.05) is 6.92 Å². The molecule has 0 aliphatic carbocycles. The molecule has 0 aromatic carbocycles. The van der Waals surface area contributed by atoms with Gasteiger partial charge >= 0.3 is 0 Å². The highest BCUT2D eigenvalue weighted by Crippen LogP contribution is 2.31. The van der Waals surface area contributed by atoms with Gasteiger partial charge in [-0.3, -0.25) is 14.4 Å². The molecule has 0 bridgehead atoms. The first kappa shape index (κ1) is 42.3. The molecule has 0 radical (unpaired) electrons. The molecule has 290 valence electrons. The fraction of sp³-hybridized carbons (Fsp3) is 0.903. The van der Waals surface area contributed by atoms with E-state index in [2.05, 4.69) is 16.0 Å². The number of amides is 3. The fourth-order valence-corrected chi connectivity index (χ4v) is 6.70. The van der Waals surface area contributed by atoms with Crippen LogP contribution in [0.15, 0.2) is 0 Å². The Labute approximate surface area is 290 Å². The average Bonchev–Trinajstić information content (AvgIpc) is 3.06. The standard InChI is InChI=1S/C31H55N3O16/c1-5-6-47-30-18(11-46-12-22-24(32-14(2)38)29(43)28(42)21(9-37)49-22)20(8-36)48-23(25(30)33-15(3)39)13-45-10-17-19(7-35)50-31(44)26(27(17)41)34-16(4)40/h17-31,35-37,41-44H,5-13H2,1-4H3,(H,32,38)(H,33,39)(H,34,40)/t17-,18-,19?,20?,21?,22+,23+,24?,25?,26?,27+,28-,29-,30+,31-/m1/s1. The smallest absolute Gasteiger partial charge is 0.217 e. The molecule has 0 saturated carbocycles. The number of carbonyl (C=O) groups is 3. The predicted octanol–water partition coefficient (Wildman–Crippen LogP) is -5.13. The monoisotopic (exact) mass is 725 g/mol. The van der Waals surface area contributed by atoms with Gasteiger partial charge in [-0.2, -0.15) is 0 Å². The van der Waals surface area contributed by atoms with Crippen molar-refractivity contribution in [1.29, 1.82) is 0 Å². The van der Waals surface area contributed by atoms with Crippen molar-refractivity contribution in [3.63, 3.8) is 0 Å². The van der Waals surface area contributed by atoms with E-state index >= 15 is 0 Å². The Morgan fingerprint density at radius 2 is 1.06 bits per heavy atom. The van der Waals surface area contributed by atoms with Gasteiger partial charge in [0.2, 0.25) is 17.7 Å². The molecule has 3 aliphatic rings. The number of ether oxygens (including phenoxy) is 6. The molecule has 6 unspecified atom stereocenters. The maximum atomic E-state index is 12.4. The Hall–Kier alpha value is -2.11. The minimum Gasteiger partial charge on any atom is -0.394 e. The third kappa shape index (κ3) is 11.0. The first-order valence-corrected chi connectivity index (χ1v) is 16.9. The first-order chi connectivity index (χ1) is 23.8. The Morgan fingerprint density at radius 3 is 1.60 bits per heavy atom. The van der Waals surface area contributed by atoms with E-state index in [1.165, 1.54) is 20.8 Å². The van der Waals surface area contributed by atoms with E-state index in [9.17, 15) is 50.1 Å². The third-order valence-corrected chi connectivity index (χ3v) is 9.11. The molecule has 10 N–H and O–H groups in total. The second-order valence-electron chi connectivity index (χ2n) is 12.9. The van der Waals surface area contributed by atoms with E-state index in [-0.39, 0.29) is 33.0 Å². The lowest BCUT2D eigenvalue weighted by Gasteiger charge is -2.47. The van der Waals surface area contributed by atoms with Crippen molar-refractivity contribution in [1.82, 2.24) is 16.0 Å². The molecule has 3 heterocycles. The largest absolute Gasteiger partial charge is 0.394 e. The molecular weight excluding hydrogens is 670 g/mol. The first-order valence-electron chi connectivity index (χ1n) is 16.9. The second kappa shape index (κ2) is 20.2. The SMILES string of the molecule is CCCO[C@@H]1C(NC(C)=O)[C@H](COC[C@@H]2C(CO)O[C@@H](O)C(NC(C)=O)[C@H]2O)OC(CO)[C@H]1COC[C@@H]1OC(CO)[C@@H](O)[C@H](O)C1NC(C)=O. The van der Waals surface area contributed by atoms with Crippen molar-refractivity contribution in [2.45, 2.75) is 113 Å². The van der Waals surface area contributed by atoms with Gasteiger partial charge in [-0.25, -0.2) is 0 Å². The highest BCUT2D eigenvalue weighted by Gasteiger charge is 2.49. The van der Waals surface area contributed by atoms with E-state index in [0.717, 1.165) is 0 Å². The van der Waals surface area contributed by atoms with Gasteiger partial charge in [0.05, 0.1) is 82.7 Å². The van der Waals surface area contributed by atoms with Gasteiger partial charge in [-0.05, 0) is 6.42 Å². The van der Waals surface area contributed by atoms with Gasteiger partial charge in [0.15, 0.2) is 6.29 Å². The summed E-state index contributed by atoms with van der Waals surface area (Å²) in [4.78, 5) is 35.9. The van der Waals surface area contributed by atoms with Crippen LogP contribution in [0.2, 0.25) is 0 Å². The summed E-state index contributed by atoms with van der Waals surface area (Å²) in [6.45, 7) is 3.62. The molecule has 15 atom stereocenters. The Kier molecular flexibility index (Phi) is 17.1. The average molecular weight is 726 g/mol. The molecule has 50 heavy (non-hydrogen) atoms. The summed E-state index contributed by atoms with van der Waals surface area (Å²) in [5, 5.41) is 79.9. The van der Waals surface area contributed by atoms with Crippen molar-refractivity contribution in [3.8, 4) is 0 Å². The van der Waals surface area contributed by atoms with Crippen LogP contribution in [0.5, 0.6) is 0 Å². The predicted molar refractivity (Wildman–Crippen MR) is 169 cm³/mol. The molecule has 3 rings (SSSR count). The maximum Gasteiger partial charge on any atom is 0.217 e. The van der Waals surface area contributed by atoms with Gasteiger partial charge in [0.25, 0.3) is 0 Å². The second-order valence-corrected chi connectivity index (χ2v) is 12.9. The van der Waals surface area contributed by atoms with Crippen LogP contribution in [0.1, 0.15) is 34.1 Å². The van der Waals surface area contributed by atoms with Crippen molar-refractivity contribution < 1.29 is 78.6 Å². The van der Waals surface area contributed by atoms with E-state index in [1.807, 2.05) is 6.92 Å². The summed E-state index contributed by atoms with van der Waals surface area (Å²) in [6, 6.07) is -3.05. The Balaban J connectivity index is 1.76. The summed E-state index contributed by atoms with van der Waals surface area (Å²) in [5.74, 6) is -2.95. The normalized spacial score (nSPS) is 39.1.